The fourth-order valence-electron chi connectivity index (χ4n) is 2.55. The van der Waals surface area contributed by atoms with Crippen LogP contribution in [0.4, 0.5) is 0 Å². The van der Waals surface area contributed by atoms with Crippen LogP contribution in [0, 0.1) is 23.2 Å². The Bertz CT molecular complexity index is 220. The van der Waals surface area contributed by atoms with Crippen molar-refractivity contribution in [1.29, 1.82) is 0 Å². The van der Waals surface area contributed by atoms with Crippen LogP contribution in [0.1, 0.15) is 33.1 Å². The van der Waals surface area contributed by atoms with E-state index in [0.29, 0.717) is 11.3 Å². The van der Waals surface area contributed by atoms with Gasteiger partial charge < -0.3 is 5.11 Å². The second kappa shape index (κ2) is 2.24. The first-order chi connectivity index (χ1) is 5.55. The largest absolute Gasteiger partial charge is 0.481 e. The van der Waals surface area contributed by atoms with Gasteiger partial charge in [-0.1, -0.05) is 13.8 Å². The smallest absolute Gasteiger partial charge is 0.306 e. The zero-order valence-electron chi connectivity index (χ0n) is 7.71. The zero-order chi connectivity index (χ0) is 8.93. The van der Waals surface area contributed by atoms with Gasteiger partial charge in [0.25, 0.3) is 0 Å². The van der Waals surface area contributed by atoms with E-state index in [1.54, 1.807) is 0 Å². The summed E-state index contributed by atoms with van der Waals surface area (Å²) in [7, 11) is 0. The van der Waals surface area contributed by atoms with Crippen LogP contribution in [-0.2, 0) is 4.79 Å². The van der Waals surface area contributed by atoms with Crippen LogP contribution >= 0.6 is 0 Å². The van der Waals surface area contributed by atoms with Crippen molar-refractivity contribution < 1.29 is 9.90 Å². The van der Waals surface area contributed by atoms with Gasteiger partial charge in [0.15, 0.2) is 0 Å². The number of carbonyl (C=O) groups is 1. The number of carboxylic acids is 1. The summed E-state index contributed by atoms with van der Waals surface area (Å²) in [5.41, 5.74) is 0.401. The van der Waals surface area contributed by atoms with E-state index in [0.717, 1.165) is 12.3 Å². The van der Waals surface area contributed by atoms with Gasteiger partial charge in [0, 0.05) is 0 Å². The fraction of sp³-hybridized carbons (Fsp3) is 0.900. The maximum Gasteiger partial charge on any atom is 0.306 e. The lowest BCUT2D eigenvalue weighted by Gasteiger charge is -2.11. The summed E-state index contributed by atoms with van der Waals surface area (Å²) in [5, 5.41) is 8.83. The first-order valence-electron chi connectivity index (χ1n) is 4.78. The molecule has 0 aromatic heterocycles. The second-order valence-electron chi connectivity index (χ2n) is 4.72. The Morgan fingerprint density at radius 3 is 2.58 bits per heavy atom. The van der Waals surface area contributed by atoms with Crippen molar-refractivity contribution >= 4 is 5.97 Å². The highest BCUT2D eigenvalue weighted by Crippen LogP contribution is 2.67. The van der Waals surface area contributed by atoms with Crippen LogP contribution in [0.5, 0.6) is 0 Å². The minimum atomic E-state index is -0.621. The first-order valence-corrected chi connectivity index (χ1v) is 4.78. The van der Waals surface area contributed by atoms with Gasteiger partial charge >= 0.3 is 5.97 Å². The Morgan fingerprint density at radius 1 is 1.58 bits per heavy atom. The summed E-state index contributed by atoms with van der Waals surface area (Å²) in [4.78, 5) is 10.7. The molecule has 2 aliphatic rings. The molecule has 0 radical (unpaired) electrons. The van der Waals surface area contributed by atoms with Crippen molar-refractivity contribution in [3.05, 3.63) is 0 Å². The lowest BCUT2D eigenvalue weighted by atomic mass is 9.93. The van der Waals surface area contributed by atoms with Crippen molar-refractivity contribution in [2.75, 3.05) is 0 Å². The summed E-state index contributed by atoms with van der Waals surface area (Å²) in [6.45, 7) is 4.11. The molecule has 2 saturated carbocycles. The number of rotatable bonds is 3. The molecule has 2 fully saturated rings. The van der Waals surface area contributed by atoms with E-state index >= 15 is 0 Å². The Balaban J connectivity index is 1.97. The molecular weight excluding hydrogens is 152 g/mol. The minimum absolute atomic E-state index is 0.129. The van der Waals surface area contributed by atoms with E-state index in [4.69, 9.17) is 5.11 Å². The Morgan fingerprint density at radius 2 is 2.17 bits per heavy atom. The van der Waals surface area contributed by atoms with Gasteiger partial charge in [-0.3, -0.25) is 4.79 Å². The monoisotopic (exact) mass is 168 g/mol. The number of hydrogen-bond acceptors (Lipinski definition) is 1. The molecule has 3 unspecified atom stereocenters. The summed E-state index contributed by atoms with van der Waals surface area (Å²) >= 11 is 0. The van der Waals surface area contributed by atoms with Crippen LogP contribution < -0.4 is 0 Å². The van der Waals surface area contributed by atoms with Crippen molar-refractivity contribution in [3.8, 4) is 0 Å². The third kappa shape index (κ3) is 1.05. The molecule has 0 aromatic rings. The minimum Gasteiger partial charge on any atom is -0.481 e. The van der Waals surface area contributed by atoms with Crippen LogP contribution in [-0.4, -0.2) is 11.1 Å². The zero-order valence-corrected chi connectivity index (χ0v) is 7.71. The Labute approximate surface area is 73.0 Å². The molecular formula is C10H16O2. The third-order valence-electron chi connectivity index (χ3n) is 3.85. The molecule has 68 valence electrons. The highest BCUT2D eigenvalue weighted by Gasteiger charge is 2.61. The number of hydrogen-bond donors (Lipinski definition) is 1. The predicted molar refractivity (Wildman–Crippen MR) is 45.7 cm³/mol. The van der Waals surface area contributed by atoms with E-state index in [-0.39, 0.29) is 5.92 Å². The third-order valence-corrected chi connectivity index (χ3v) is 3.85. The predicted octanol–water partition coefficient (Wildman–Crippen LogP) is 2.14. The molecule has 0 aliphatic heterocycles. The van der Waals surface area contributed by atoms with Gasteiger partial charge in [-0.05, 0) is 36.5 Å². The van der Waals surface area contributed by atoms with E-state index in [1.807, 2.05) is 6.92 Å². The topological polar surface area (TPSA) is 37.3 Å². The molecule has 2 heteroatoms. The van der Waals surface area contributed by atoms with Crippen molar-refractivity contribution in [3.63, 3.8) is 0 Å². The molecule has 3 atom stereocenters. The lowest BCUT2D eigenvalue weighted by Crippen LogP contribution is -2.16. The van der Waals surface area contributed by atoms with Crippen LogP contribution in [0.15, 0.2) is 0 Å². The Hall–Kier alpha value is -0.530. The quantitative estimate of drug-likeness (QED) is 0.701. The normalized spacial score (nSPS) is 42.3. The van der Waals surface area contributed by atoms with E-state index in [1.165, 1.54) is 12.8 Å². The first kappa shape index (κ1) is 8.09. The van der Waals surface area contributed by atoms with Gasteiger partial charge in [0.1, 0.15) is 0 Å². The average Bonchev–Trinajstić information content (AvgIpc) is 2.76. The molecule has 0 aromatic carbocycles. The summed E-state index contributed by atoms with van der Waals surface area (Å²) in [6.07, 6.45) is 3.81. The maximum atomic E-state index is 10.7. The molecule has 0 amide bonds. The molecule has 0 spiro atoms. The van der Waals surface area contributed by atoms with Gasteiger partial charge in [0.2, 0.25) is 0 Å². The highest BCUT2D eigenvalue weighted by molar-refractivity contribution is 5.70. The molecule has 1 N–H and O–H groups in total. The summed E-state index contributed by atoms with van der Waals surface area (Å²) < 4.78 is 0. The fourth-order valence-corrected chi connectivity index (χ4v) is 2.55. The van der Waals surface area contributed by atoms with Crippen molar-refractivity contribution in [2.45, 2.75) is 33.1 Å². The standard InChI is InChI=1S/C10H16O2/c1-6(9(11)12)8-5-10(8,2)7-3-4-7/h6-8H,3-5H2,1-2H3,(H,11,12). The second-order valence-corrected chi connectivity index (χ2v) is 4.72. The highest BCUT2D eigenvalue weighted by atomic mass is 16.4. The van der Waals surface area contributed by atoms with E-state index < -0.39 is 5.97 Å². The number of carboxylic acid groups (broad SMARTS) is 1. The van der Waals surface area contributed by atoms with Gasteiger partial charge in [-0.25, -0.2) is 0 Å². The van der Waals surface area contributed by atoms with Crippen molar-refractivity contribution in [2.24, 2.45) is 23.2 Å². The molecule has 0 heterocycles. The van der Waals surface area contributed by atoms with Crippen LogP contribution in [0.25, 0.3) is 0 Å². The van der Waals surface area contributed by atoms with E-state index in [9.17, 15) is 4.79 Å². The van der Waals surface area contributed by atoms with Crippen LogP contribution in [0.3, 0.4) is 0 Å². The van der Waals surface area contributed by atoms with Gasteiger partial charge in [0.05, 0.1) is 5.92 Å². The molecule has 2 rings (SSSR count). The van der Waals surface area contributed by atoms with Gasteiger partial charge in [-0.2, -0.15) is 0 Å². The molecule has 12 heavy (non-hydrogen) atoms. The average molecular weight is 168 g/mol. The van der Waals surface area contributed by atoms with E-state index in [2.05, 4.69) is 6.92 Å². The maximum absolute atomic E-state index is 10.7. The van der Waals surface area contributed by atoms with Gasteiger partial charge in [-0.15, -0.1) is 0 Å². The molecule has 2 nitrogen and oxygen atoms in total. The lowest BCUT2D eigenvalue weighted by molar-refractivity contribution is -0.142. The summed E-state index contributed by atoms with van der Waals surface area (Å²) in [6, 6.07) is 0. The molecule has 0 saturated heterocycles. The molecule has 0 bridgehead atoms. The van der Waals surface area contributed by atoms with Crippen molar-refractivity contribution in [1.82, 2.24) is 0 Å². The SMILES string of the molecule is CC(C(=O)O)C1CC1(C)C1CC1. The number of aliphatic carboxylic acids is 1. The van der Waals surface area contributed by atoms with Crippen LogP contribution in [0.2, 0.25) is 0 Å². The Kier molecular flexibility index (Phi) is 1.51. The summed E-state index contributed by atoms with van der Waals surface area (Å²) in [5.74, 6) is 0.562. The molecule has 2 aliphatic carbocycles.